The third kappa shape index (κ3) is 5.08. The van der Waals surface area contributed by atoms with Crippen molar-refractivity contribution in [2.45, 2.75) is 46.0 Å². The van der Waals surface area contributed by atoms with Crippen molar-refractivity contribution in [3.8, 4) is 0 Å². The first-order valence-corrected chi connectivity index (χ1v) is 9.41. The van der Waals surface area contributed by atoms with Gasteiger partial charge in [0.25, 0.3) is 5.91 Å². The van der Waals surface area contributed by atoms with E-state index in [1.807, 2.05) is 18.7 Å². The van der Waals surface area contributed by atoms with Crippen LogP contribution < -0.4 is 0 Å². The summed E-state index contributed by atoms with van der Waals surface area (Å²) >= 11 is 0. The van der Waals surface area contributed by atoms with Gasteiger partial charge in [0.05, 0.1) is 5.39 Å². The van der Waals surface area contributed by atoms with Crippen molar-refractivity contribution in [3.63, 3.8) is 0 Å². The van der Waals surface area contributed by atoms with Crippen LogP contribution in [0.2, 0.25) is 0 Å². The molecule has 3 rings (SSSR count). The van der Waals surface area contributed by atoms with Gasteiger partial charge in [0.2, 0.25) is 5.91 Å². The number of carbonyl (C=O) groups is 2. The van der Waals surface area contributed by atoms with Crippen LogP contribution in [0.4, 0.5) is 4.39 Å². The largest absolute Gasteiger partial charge is 0.450 e. The van der Waals surface area contributed by atoms with E-state index in [0.29, 0.717) is 11.0 Å². The number of likely N-dealkylation sites (tertiary alicyclic amines) is 1. The average molecular weight is 376 g/mol. The van der Waals surface area contributed by atoms with Gasteiger partial charge in [-0.25, -0.2) is 4.39 Å². The van der Waals surface area contributed by atoms with Crippen LogP contribution in [0.15, 0.2) is 22.6 Å². The van der Waals surface area contributed by atoms with Crippen LogP contribution in [0.5, 0.6) is 0 Å². The number of hydrogen-bond donors (Lipinski definition) is 0. The Labute approximate surface area is 160 Å². The molecule has 0 saturated carbocycles. The molecule has 1 aliphatic rings. The second kappa shape index (κ2) is 9.02. The van der Waals surface area contributed by atoms with E-state index < -0.39 is 0 Å². The maximum Gasteiger partial charge on any atom is 0.289 e. The molecule has 5 nitrogen and oxygen atoms in total. The molecule has 0 radical (unpaired) electrons. The minimum atomic E-state index is -0.365. The fraction of sp³-hybridized carbons (Fsp3) is 0.524. The number of carbonyl (C=O) groups excluding carboxylic acids is 2. The molecule has 0 aliphatic carbocycles. The number of fused-ring (bicyclic) bond motifs is 1. The zero-order chi connectivity index (χ0) is 20.1. The average Bonchev–Trinajstić information content (AvgIpc) is 3.08. The number of halogens is 1. The van der Waals surface area contributed by atoms with Crippen molar-refractivity contribution in [1.29, 1.82) is 0 Å². The Hall–Kier alpha value is -2.37. The molecule has 1 aromatic heterocycles. The second-order valence-electron chi connectivity index (χ2n) is 7.41. The van der Waals surface area contributed by atoms with Gasteiger partial charge in [-0.1, -0.05) is 19.9 Å². The van der Waals surface area contributed by atoms with Crippen molar-refractivity contribution in [2.75, 3.05) is 27.2 Å². The van der Waals surface area contributed by atoms with Crippen LogP contribution in [0.25, 0.3) is 11.0 Å². The third-order valence-electron chi connectivity index (χ3n) is 4.70. The number of rotatable bonds is 2. The van der Waals surface area contributed by atoms with Crippen LogP contribution in [0.3, 0.4) is 0 Å². The van der Waals surface area contributed by atoms with Crippen LogP contribution >= 0.6 is 0 Å². The molecule has 0 atom stereocenters. The van der Waals surface area contributed by atoms with Gasteiger partial charge in [-0.3, -0.25) is 9.59 Å². The summed E-state index contributed by atoms with van der Waals surface area (Å²) in [5.74, 6) is -0.0190. The summed E-state index contributed by atoms with van der Waals surface area (Å²) in [6.45, 7) is 7.61. The summed E-state index contributed by atoms with van der Waals surface area (Å²) in [5, 5.41) is 0.367. The summed E-state index contributed by atoms with van der Waals surface area (Å²) in [6.07, 6.45) is 3.68. The molecular formula is C21H29FN2O3. The molecule has 1 aromatic carbocycles. The predicted octanol–water partition coefficient (Wildman–Crippen LogP) is 4.42. The first-order valence-electron chi connectivity index (χ1n) is 9.41. The molecule has 1 fully saturated rings. The minimum absolute atomic E-state index is 0.169. The van der Waals surface area contributed by atoms with Gasteiger partial charge in [-0.2, -0.15) is 0 Å². The van der Waals surface area contributed by atoms with Crippen molar-refractivity contribution < 1.29 is 18.4 Å². The second-order valence-corrected chi connectivity index (χ2v) is 7.41. The SMILES string of the molecule is CC(=O)N1CCCCC1.CC(C)c1ccc(F)c2cc(C(=O)N(C)C)oc12. The van der Waals surface area contributed by atoms with Gasteiger partial charge in [0, 0.05) is 40.2 Å². The van der Waals surface area contributed by atoms with E-state index in [9.17, 15) is 14.0 Å². The lowest BCUT2D eigenvalue weighted by atomic mass is 10.0. The Morgan fingerprint density at radius 2 is 1.78 bits per heavy atom. The molecule has 0 spiro atoms. The maximum atomic E-state index is 13.7. The highest BCUT2D eigenvalue weighted by Gasteiger charge is 2.19. The van der Waals surface area contributed by atoms with Gasteiger partial charge < -0.3 is 14.2 Å². The van der Waals surface area contributed by atoms with Gasteiger partial charge in [-0.15, -0.1) is 0 Å². The first kappa shape index (κ1) is 20.9. The van der Waals surface area contributed by atoms with E-state index in [4.69, 9.17) is 4.42 Å². The number of benzene rings is 1. The van der Waals surface area contributed by atoms with E-state index in [1.54, 1.807) is 27.1 Å². The number of hydrogen-bond acceptors (Lipinski definition) is 3. The molecule has 1 saturated heterocycles. The van der Waals surface area contributed by atoms with Crippen LogP contribution in [-0.2, 0) is 4.79 Å². The Balaban J connectivity index is 0.000000244. The summed E-state index contributed by atoms with van der Waals surface area (Å²) in [5.41, 5.74) is 1.37. The first-order chi connectivity index (χ1) is 12.7. The Morgan fingerprint density at radius 3 is 2.26 bits per heavy atom. The smallest absolute Gasteiger partial charge is 0.289 e. The highest BCUT2D eigenvalue weighted by Crippen LogP contribution is 2.30. The molecule has 2 aromatic rings. The fourth-order valence-corrected chi connectivity index (χ4v) is 3.10. The molecule has 0 N–H and O–H groups in total. The lowest BCUT2D eigenvalue weighted by Crippen LogP contribution is -2.33. The maximum absolute atomic E-state index is 13.7. The fourth-order valence-electron chi connectivity index (χ4n) is 3.10. The Bertz CT molecular complexity index is 805. The standard InChI is InChI=1S/C14H16FNO2.C7H13NO/c1-8(2)9-5-6-11(15)10-7-12(18-13(9)10)14(17)16(3)4;1-7(9)8-5-3-2-4-6-8/h5-8H,1-4H3;2-6H2,1H3. The van der Waals surface area contributed by atoms with Gasteiger partial charge >= 0.3 is 0 Å². The summed E-state index contributed by atoms with van der Waals surface area (Å²) in [6, 6.07) is 4.59. The highest BCUT2D eigenvalue weighted by molar-refractivity contribution is 5.96. The van der Waals surface area contributed by atoms with Gasteiger partial charge in [0.15, 0.2) is 5.76 Å². The molecule has 6 heteroatoms. The third-order valence-corrected chi connectivity index (χ3v) is 4.70. The van der Waals surface area contributed by atoms with Crippen molar-refractivity contribution in [1.82, 2.24) is 9.80 Å². The van der Waals surface area contributed by atoms with Crippen LogP contribution in [0.1, 0.15) is 62.1 Å². The highest BCUT2D eigenvalue weighted by atomic mass is 19.1. The summed E-state index contributed by atoms with van der Waals surface area (Å²) < 4.78 is 19.3. The number of amides is 2. The number of furan rings is 1. The molecule has 2 amide bonds. The van der Waals surface area contributed by atoms with E-state index in [1.165, 1.54) is 36.3 Å². The zero-order valence-corrected chi connectivity index (χ0v) is 16.8. The van der Waals surface area contributed by atoms with E-state index in [-0.39, 0.29) is 29.3 Å². The summed E-state index contributed by atoms with van der Waals surface area (Å²) in [4.78, 5) is 25.9. The molecular weight excluding hydrogens is 347 g/mol. The lowest BCUT2D eigenvalue weighted by Gasteiger charge is -2.24. The molecule has 1 aliphatic heterocycles. The molecule has 27 heavy (non-hydrogen) atoms. The van der Waals surface area contributed by atoms with Crippen molar-refractivity contribution in [2.24, 2.45) is 0 Å². The predicted molar refractivity (Wildman–Crippen MR) is 104 cm³/mol. The van der Waals surface area contributed by atoms with Crippen LogP contribution in [-0.4, -0.2) is 48.8 Å². The Kier molecular flexibility index (Phi) is 6.99. The Morgan fingerprint density at radius 1 is 1.15 bits per heavy atom. The van der Waals surface area contributed by atoms with E-state index in [0.717, 1.165) is 18.7 Å². The minimum Gasteiger partial charge on any atom is -0.450 e. The van der Waals surface area contributed by atoms with Crippen LogP contribution in [0, 0.1) is 5.82 Å². The van der Waals surface area contributed by atoms with Gasteiger partial charge in [-0.05, 0) is 36.8 Å². The number of piperidine rings is 1. The van der Waals surface area contributed by atoms with Crippen molar-refractivity contribution >= 4 is 22.8 Å². The topological polar surface area (TPSA) is 53.8 Å². The van der Waals surface area contributed by atoms with Crippen molar-refractivity contribution in [3.05, 3.63) is 35.3 Å². The molecule has 0 unspecified atom stereocenters. The molecule has 2 heterocycles. The monoisotopic (exact) mass is 376 g/mol. The molecule has 148 valence electrons. The van der Waals surface area contributed by atoms with E-state index in [2.05, 4.69) is 0 Å². The normalized spacial score (nSPS) is 14.1. The number of nitrogens with zero attached hydrogens (tertiary/aromatic N) is 2. The van der Waals surface area contributed by atoms with E-state index >= 15 is 0 Å². The van der Waals surface area contributed by atoms with Gasteiger partial charge in [0.1, 0.15) is 11.4 Å². The zero-order valence-electron chi connectivity index (χ0n) is 16.8. The quantitative estimate of drug-likeness (QED) is 0.780. The molecule has 0 bridgehead atoms. The summed E-state index contributed by atoms with van der Waals surface area (Å²) in [7, 11) is 3.27. The lowest BCUT2D eigenvalue weighted by molar-refractivity contribution is -0.129.